The first-order valence-electron chi connectivity index (χ1n) is 6.02. The molecule has 0 aliphatic heterocycles. The second-order valence-corrected chi connectivity index (χ2v) is 5.39. The Kier molecular flexibility index (Phi) is 4.93. The average Bonchev–Trinajstić information content (AvgIpc) is 2.42. The molecule has 1 unspecified atom stereocenters. The lowest BCUT2D eigenvalue weighted by Gasteiger charge is -2.17. The summed E-state index contributed by atoms with van der Waals surface area (Å²) in [6.07, 6.45) is 0. The third-order valence-corrected chi connectivity index (χ3v) is 4.03. The zero-order chi connectivity index (χ0) is 13.7. The molecule has 0 spiro atoms. The molecule has 0 heterocycles. The second kappa shape index (κ2) is 6.68. The van der Waals surface area contributed by atoms with Crippen LogP contribution < -0.4 is 5.32 Å². The summed E-state index contributed by atoms with van der Waals surface area (Å²) in [5.74, 6) is -1.06. The number of likely N-dealkylation sites (N-methyl/N-ethyl adjacent to an activating group) is 1. The molecule has 2 aromatic rings. The van der Waals surface area contributed by atoms with Crippen molar-refractivity contribution in [3.05, 3.63) is 65.7 Å². The molecule has 1 N–H and O–H groups in total. The minimum Gasteiger partial charge on any atom is -0.318 e. The van der Waals surface area contributed by atoms with Crippen LogP contribution in [-0.4, -0.2) is 13.6 Å². The summed E-state index contributed by atoms with van der Waals surface area (Å²) >= 11 is 1.40. The maximum absolute atomic E-state index is 13.7. The van der Waals surface area contributed by atoms with Gasteiger partial charge in [0.05, 0.1) is 0 Å². The number of thioether (sulfide) groups is 1. The fourth-order valence-electron chi connectivity index (χ4n) is 1.80. The number of hydrogen-bond acceptors (Lipinski definition) is 2. The fraction of sp³-hybridized carbons (Fsp3) is 0.200. The fourth-order valence-corrected chi connectivity index (χ4v) is 2.97. The SMILES string of the molecule is CNCC(Sc1ccc(F)cc1F)c1ccccc1. The normalized spacial score (nSPS) is 12.4. The second-order valence-electron chi connectivity index (χ2n) is 4.15. The molecule has 0 saturated carbocycles. The van der Waals surface area contributed by atoms with Gasteiger partial charge < -0.3 is 5.32 Å². The molecule has 4 heteroatoms. The minimum atomic E-state index is -0.549. The summed E-state index contributed by atoms with van der Waals surface area (Å²) < 4.78 is 26.6. The van der Waals surface area contributed by atoms with E-state index in [9.17, 15) is 8.78 Å². The van der Waals surface area contributed by atoms with Crippen LogP contribution >= 0.6 is 11.8 Å². The molecule has 0 aromatic heterocycles. The zero-order valence-electron chi connectivity index (χ0n) is 10.6. The number of rotatable bonds is 5. The van der Waals surface area contributed by atoms with E-state index < -0.39 is 11.6 Å². The summed E-state index contributed by atoms with van der Waals surface area (Å²) in [4.78, 5) is 0.463. The summed E-state index contributed by atoms with van der Waals surface area (Å²) in [6, 6.07) is 13.6. The molecule has 100 valence electrons. The van der Waals surface area contributed by atoms with Gasteiger partial charge in [0.25, 0.3) is 0 Å². The maximum Gasteiger partial charge on any atom is 0.139 e. The van der Waals surface area contributed by atoms with Crippen molar-refractivity contribution in [3.8, 4) is 0 Å². The molecule has 0 fully saturated rings. The smallest absolute Gasteiger partial charge is 0.139 e. The van der Waals surface area contributed by atoms with Gasteiger partial charge in [-0.1, -0.05) is 30.3 Å². The molecule has 2 aromatic carbocycles. The van der Waals surface area contributed by atoms with Gasteiger partial charge in [0, 0.05) is 22.8 Å². The van der Waals surface area contributed by atoms with Crippen molar-refractivity contribution < 1.29 is 8.78 Å². The van der Waals surface area contributed by atoms with E-state index >= 15 is 0 Å². The maximum atomic E-state index is 13.7. The van der Waals surface area contributed by atoms with Crippen LogP contribution in [0.25, 0.3) is 0 Å². The van der Waals surface area contributed by atoms with E-state index in [1.54, 1.807) is 0 Å². The summed E-state index contributed by atoms with van der Waals surface area (Å²) in [6.45, 7) is 0.714. The lowest BCUT2D eigenvalue weighted by atomic mass is 10.1. The molecule has 0 aliphatic carbocycles. The van der Waals surface area contributed by atoms with E-state index in [0.29, 0.717) is 11.4 Å². The largest absolute Gasteiger partial charge is 0.318 e. The van der Waals surface area contributed by atoms with Gasteiger partial charge in [-0.05, 0) is 24.7 Å². The Balaban J connectivity index is 2.21. The molecule has 1 nitrogen and oxygen atoms in total. The Morgan fingerprint density at radius 3 is 2.47 bits per heavy atom. The molecule has 1 atom stereocenters. The van der Waals surface area contributed by atoms with E-state index in [1.807, 2.05) is 37.4 Å². The monoisotopic (exact) mass is 279 g/mol. The Hall–Kier alpha value is -1.39. The van der Waals surface area contributed by atoms with E-state index in [0.717, 1.165) is 11.6 Å². The average molecular weight is 279 g/mol. The quantitative estimate of drug-likeness (QED) is 0.830. The van der Waals surface area contributed by atoms with Gasteiger partial charge in [-0.3, -0.25) is 0 Å². The van der Waals surface area contributed by atoms with Gasteiger partial charge in [-0.2, -0.15) is 0 Å². The standard InChI is InChI=1S/C15H15F2NS/c1-18-10-15(11-5-3-2-4-6-11)19-14-8-7-12(16)9-13(14)17/h2-9,15,18H,10H2,1H3. The first kappa shape index (κ1) is 14.0. The van der Waals surface area contributed by atoms with Gasteiger partial charge in [0.1, 0.15) is 11.6 Å². The Morgan fingerprint density at radius 1 is 1.11 bits per heavy atom. The van der Waals surface area contributed by atoms with E-state index in [1.165, 1.54) is 23.9 Å². The summed E-state index contributed by atoms with van der Waals surface area (Å²) in [7, 11) is 1.86. The molecule has 0 radical (unpaired) electrons. The molecule has 0 saturated heterocycles. The van der Waals surface area contributed by atoms with Crippen LogP contribution in [0.1, 0.15) is 10.8 Å². The number of hydrogen-bond donors (Lipinski definition) is 1. The first-order valence-corrected chi connectivity index (χ1v) is 6.90. The van der Waals surface area contributed by atoms with Crippen LogP contribution in [-0.2, 0) is 0 Å². The highest BCUT2D eigenvalue weighted by molar-refractivity contribution is 7.99. The van der Waals surface area contributed by atoms with Crippen LogP contribution in [0, 0.1) is 11.6 Å². The summed E-state index contributed by atoms with van der Waals surface area (Å²) in [5, 5.41) is 3.19. The molecule has 2 rings (SSSR count). The van der Waals surface area contributed by atoms with Crippen LogP contribution in [0.15, 0.2) is 53.4 Å². The molecule has 0 amide bonds. The summed E-state index contributed by atoms with van der Waals surface area (Å²) in [5.41, 5.74) is 1.12. The molecule has 0 bridgehead atoms. The molecular weight excluding hydrogens is 264 g/mol. The van der Waals surface area contributed by atoms with Crippen molar-refractivity contribution in [2.75, 3.05) is 13.6 Å². The van der Waals surface area contributed by atoms with Crippen LogP contribution in [0.4, 0.5) is 8.78 Å². The Morgan fingerprint density at radius 2 is 1.84 bits per heavy atom. The number of benzene rings is 2. The van der Waals surface area contributed by atoms with Crippen molar-refractivity contribution in [3.63, 3.8) is 0 Å². The van der Waals surface area contributed by atoms with Crippen LogP contribution in [0.2, 0.25) is 0 Å². The number of halogens is 2. The third-order valence-electron chi connectivity index (χ3n) is 2.72. The van der Waals surface area contributed by atoms with E-state index in [-0.39, 0.29) is 5.25 Å². The van der Waals surface area contributed by atoms with Crippen LogP contribution in [0.3, 0.4) is 0 Å². The Bertz CT molecular complexity index is 531. The van der Waals surface area contributed by atoms with Gasteiger partial charge in [-0.15, -0.1) is 11.8 Å². The first-order chi connectivity index (χ1) is 9.20. The van der Waals surface area contributed by atoms with Crippen molar-refractivity contribution in [1.82, 2.24) is 5.32 Å². The lowest BCUT2D eigenvalue weighted by Crippen LogP contribution is -2.15. The number of nitrogens with one attached hydrogen (secondary N) is 1. The predicted octanol–water partition coefficient (Wildman–Crippen LogP) is 4.02. The van der Waals surface area contributed by atoms with Crippen molar-refractivity contribution in [2.24, 2.45) is 0 Å². The van der Waals surface area contributed by atoms with Gasteiger partial charge in [0.15, 0.2) is 0 Å². The van der Waals surface area contributed by atoms with Crippen molar-refractivity contribution in [1.29, 1.82) is 0 Å². The lowest BCUT2D eigenvalue weighted by molar-refractivity contribution is 0.565. The molecule has 19 heavy (non-hydrogen) atoms. The van der Waals surface area contributed by atoms with Crippen molar-refractivity contribution in [2.45, 2.75) is 10.1 Å². The van der Waals surface area contributed by atoms with E-state index in [2.05, 4.69) is 5.32 Å². The topological polar surface area (TPSA) is 12.0 Å². The van der Waals surface area contributed by atoms with Crippen LogP contribution in [0.5, 0.6) is 0 Å². The zero-order valence-corrected chi connectivity index (χ0v) is 11.4. The van der Waals surface area contributed by atoms with E-state index in [4.69, 9.17) is 0 Å². The minimum absolute atomic E-state index is 0.0890. The highest BCUT2D eigenvalue weighted by atomic mass is 32.2. The predicted molar refractivity (Wildman–Crippen MR) is 75.3 cm³/mol. The highest BCUT2D eigenvalue weighted by Gasteiger charge is 2.15. The molecular formula is C15H15F2NS. The van der Waals surface area contributed by atoms with Gasteiger partial charge in [-0.25, -0.2) is 8.78 Å². The third kappa shape index (κ3) is 3.78. The van der Waals surface area contributed by atoms with Crippen molar-refractivity contribution >= 4 is 11.8 Å². The molecule has 0 aliphatic rings. The van der Waals surface area contributed by atoms with Gasteiger partial charge >= 0.3 is 0 Å². The Labute approximate surface area is 116 Å². The highest BCUT2D eigenvalue weighted by Crippen LogP contribution is 2.36. The van der Waals surface area contributed by atoms with Gasteiger partial charge in [0.2, 0.25) is 0 Å².